The lowest BCUT2D eigenvalue weighted by Gasteiger charge is -2.12. The van der Waals surface area contributed by atoms with Gasteiger partial charge >= 0.3 is 5.97 Å². The summed E-state index contributed by atoms with van der Waals surface area (Å²) >= 11 is 0. The second-order valence-corrected chi connectivity index (χ2v) is 5.01. The van der Waals surface area contributed by atoms with Crippen molar-refractivity contribution in [2.75, 3.05) is 19.0 Å². The van der Waals surface area contributed by atoms with Crippen LogP contribution >= 0.6 is 0 Å². The summed E-state index contributed by atoms with van der Waals surface area (Å²) in [6.07, 6.45) is 1.47. The number of nitrogens with zero attached hydrogens (tertiary/aromatic N) is 3. The van der Waals surface area contributed by atoms with E-state index in [0.29, 0.717) is 16.9 Å². The molecule has 0 fully saturated rings. The molecule has 2 aromatic carbocycles. The SMILES string of the molecule is CN(C)c1ccc(C=Nc2cccc(C(=O)O)c2)cc1[N+](=O)[O-]. The molecule has 0 heterocycles. The van der Waals surface area contributed by atoms with Crippen molar-refractivity contribution in [1.82, 2.24) is 0 Å². The molecular weight excluding hydrogens is 298 g/mol. The highest BCUT2D eigenvalue weighted by molar-refractivity contribution is 5.89. The molecule has 0 aliphatic carbocycles. The van der Waals surface area contributed by atoms with E-state index in [4.69, 9.17) is 5.11 Å². The van der Waals surface area contributed by atoms with Crippen LogP contribution in [0.5, 0.6) is 0 Å². The molecule has 0 aliphatic rings. The van der Waals surface area contributed by atoms with Crippen LogP contribution in [0.3, 0.4) is 0 Å². The third-order valence-corrected chi connectivity index (χ3v) is 3.13. The number of anilines is 1. The number of aliphatic imine (C=N–C) groups is 1. The highest BCUT2D eigenvalue weighted by Gasteiger charge is 2.15. The number of carboxylic acids is 1. The van der Waals surface area contributed by atoms with Crippen LogP contribution in [-0.4, -0.2) is 36.3 Å². The Hall–Kier alpha value is -3.22. The third-order valence-electron chi connectivity index (χ3n) is 3.13. The lowest BCUT2D eigenvalue weighted by molar-refractivity contribution is -0.384. The summed E-state index contributed by atoms with van der Waals surface area (Å²) in [5.74, 6) is -1.03. The highest BCUT2D eigenvalue weighted by Crippen LogP contribution is 2.27. The topological polar surface area (TPSA) is 96.0 Å². The van der Waals surface area contributed by atoms with Gasteiger partial charge in [0.15, 0.2) is 0 Å². The van der Waals surface area contributed by atoms with Crippen LogP contribution in [0.1, 0.15) is 15.9 Å². The standard InChI is InChI=1S/C16H15N3O4/c1-18(2)14-7-6-11(8-15(14)19(22)23)10-17-13-5-3-4-12(9-13)16(20)21/h3-10H,1-2H3,(H,20,21). The van der Waals surface area contributed by atoms with E-state index in [1.807, 2.05) is 0 Å². The Labute approximate surface area is 132 Å². The summed E-state index contributed by atoms with van der Waals surface area (Å²) in [7, 11) is 3.46. The minimum Gasteiger partial charge on any atom is -0.478 e. The van der Waals surface area contributed by atoms with E-state index in [1.54, 1.807) is 43.3 Å². The van der Waals surface area contributed by atoms with Gasteiger partial charge in [0.25, 0.3) is 5.69 Å². The third kappa shape index (κ3) is 3.91. The van der Waals surface area contributed by atoms with E-state index >= 15 is 0 Å². The number of aromatic carboxylic acids is 1. The Kier molecular flexibility index (Phi) is 4.70. The monoisotopic (exact) mass is 313 g/mol. The van der Waals surface area contributed by atoms with Crippen LogP contribution in [0.4, 0.5) is 17.1 Å². The zero-order valence-electron chi connectivity index (χ0n) is 12.6. The van der Waals surface area contributed by atoms with Gasteiger partial charge in [0, 0.05) is 26.4 Å². The molecule has 2 rings (SSSR count). The van der Waals surface area contributed by atoms with Gasteiger partial charge in [-0.05, 0) is 29.8 Å². The van der Waals surface area contributed by atoms with Crippen LogP contribution in [0.15, 0.2) is 47.5 Å². The Morgan fingerprint density at radius 1 is 1.26 bits per heavy atom. The summed E-state index contributed by atoms with van der Waals surface area (Å²) < 4.78 is 0. The second kappa shape index (κ2) is 6.69. The Morgan fingerprint density at radius 3 is 2.61 bits per heavy atom. The molecule has 7 heteroatoms. The van der Waals surface area contributed by atoms with E-state index in [-0.39, 0.29) is 11.3 Å². The molecule has 23 heavy (non-hydrogen) atoms. The van der Waals surface area contributed by atoms with Gasteiger partial charge < -0.3 is 10.0 Å². The minimum absolute atomic E-state index is 0.0155. The summed E-state index contributed by atoms with van der Waals surface area (Å²) in [4.78, 5) is 27.4. The van der Waals surface area contributed by atoms with Crippen molar-refractivity contribution in [3.8, 4) is 0 Å². The molecule has 1 N–H and O–H groups in total. The molecule has 2 aromatic rings. The van der Waals surface area contributed by atoms with Crippen LogP contribution in [0.25, 0.3) is 0 Å². The van der Waals surface area contributed by atoms with Crippen LogP contribution in [0, 0.1) is 10.1 Å². The summed E-state index contributed by atoms with van der Waals surface area (Å²) in [5, 5.41) is 20.1. The quantitative estimate of drug-likeness (QED) is 0.520. The normalized spacial score (nSPS) is 10.7. The molecular formula is C16H15N3O4. The number of rotatable bonds is 5. The Balaban J connectivity index is 2.33. The zero-order chi connectivity index (χ0) is 17.0. The van der Waals surface area contributed by atoms with Crippen molar-refractivity contribution >= 4 is 29.2 Å². The predicted molar refractivity (Wildman–Crippen MR) is 88.1 cm³/mol. The van der Waals surface area contributed by atoms with Gasteiger partial charge in [0.2, 0.25) is 0 Å². The lowest BCUT2D eigenvalue weighted by atomic mass is 10.1. The number of hydrogen-bond donors (Lipinski definition) is 1. The maximum absolute atomic E-state index is 11.1. The van der Waals surface area contributed by atoms with E-state index in [0.717, 1.165) is 0 Å². The van der Waals surface area contributed by atoms with Crippen molar-refractivity contribution in [2.24, 2.45) is 4.99 Å². The molecule has 0 aromatic heterocycles. The van der Waals surface area contributed by atoms with Crippen LogP contribution in [-0.2, 0) is 0 Å². The van der Waals surface area contributed by atoms with Gasteiger partial charge in [0.05, 0.1) is 16.2 Å². The zero-order valence-corrected chi connectivity index (χ0v) is 12.6. The van der Waals surface area contributed by atoms with Gasteiger partial charge in [0.1, 0.15) is 5.69 Å². The fraction of sp³-hybridized carbons (Fsp3) is 0.125. The molecule has 0 unspecified atom stereocenters. The Morgan fingerprint density at radius 2 is 2.00 bits per heavy atom. The van der Waals surface area contributed by atoms with E-state index in [9.17, 15) is 14.9 Å². The van der Waals surface area contributed by atoms with Crippen molar-refractivity contribution in [2.45, 2.75) is 0 Å². The van der Waals surface area contributed by atoms with Crippen molar-refractivity contribution in [3.05, 3.63) is 63.7 Å². The van der Waals surface area contributed by atoms with E-state index < -0.39 is 10.9 Å². The molecule has 0 saturated heterocycles. The van der Waals surface area contributed by atoms with Crippen molar-refractivity contribution in [1.29, 1.82) is 0 Å². The number of hydrogen-bond acceptors (Lipinski definition) is 5. The first-order valence-corrected chi connectivity index (χ1v) is 6.71. The number of carboxylic acid groups (broad SMARTS) is 1. The molecule has 0 amide bonds. The average Bonchev–Trinajstić information content (AvgIpc) is 2.52. The average molecular weight is 313 g/mol. The molecule has 0 spiro atoms. The predicted octanol–water partition coefficient (Wildman–Crippen LogP) is 3.11. The number of benzene rings is 2. The van der Waals surface area contributed by atoms with Gasteiger partial charge in [-0.15, -0.1) is 0 Å². The smallest absolute Gasteiger partial charge is 0.335 e. The first-order chi connectivity index (χ1) is 10.9. The molecule has 0 radical (unpaired) electrons. The van der Waals surface area contributed by atoms with Gasteiger partial charge in [-0.1, -0.05) is 12.1 Å². The maximum Gasteiger partial charge on any atom is 0.335 e. The molecule has 0 bridgehead atoms. The molecule has 7 nitrogen and oxygen atoms in total. The lowest BCUT2D eigenvalue weighted by Crippen LogP contribution is -2.11. The fourth-order valence-electron chi connectivity index (χ4n) is 2.01. The first kappa shape index (κ1) is 16.2. The van der Waals surface area contributed by atoms with E-state index in [2.05, 4.69) is 4.99 Å². The Bertz CT molecular complexity index is 785. The molecule has 0 atom stereocenters. The van der Waals surface area contributed by atoms with Gasteiger partial charge in [-0.25, -0.2) is 4.79 Å². The van der Waals surface area contributed by atoms with Gasteiger partial charge in [-0.2, -0.15) is 0 Å². The molecule has 0 saturated carbocycles. The highest BCUT2D eigenvalue weighted by atomic mass is 16.6. The van der Waals surface area contributed by atoms with E-state index in [1.165, 1.54) is 24.4 Å². The second-order valence-electron chi connectivity index (χ2n) is 5.01. The fourth-order valence-corrected chi connectivity index (χ4v) is 2.01. The summed E-state index contributed by atoms with van der Waals surface area (Å²) in [5.41, 5.74) is 1.64. The number of nitro groups is 1. The van der Waals surface area contributed by atoms with Gasteiger partial charge in [-0.3, -0.25) is 15.1 Å². The number of nitro benzene ring substituents is 1. The maximum atomic E-state index is 11.1. The number of carbonyl (C=O) groups is 1. The van der Waals surface area contributed by atoms with Crippen LogP contribution in [0.2, 0.25) is 0 Å². The molecule has 118 valence electrons. The minimum atomic E-state index is -1.03. The summed E-state index contributed by atoms with van der Waals surface area (Å²) in [6, 6.07) is 10.9. The van der Waals surface area contributed by atoms with Crippen molar-refractivity contribution in [3.63, 3.8) is 0 Å². The molecule has 0 aliphatic heterocycles. The summed E-state index contributed by atoms with van der Waals surface area (Å²) in [6.45, 7) is 0. The van der Waals surface area contributed by atoms with Crippen molar-refractivity contribution < 1.29 is 14.8 Å². The first-order valence-electron chi connectivity index (χ1n) is 6.71. The van der Waals surface area contributed by atoms with Crippen LogP contribution < -0.4 is 4.90 Å². The largest absolute Gasteiger partial charge is 0.478 e.